The molecule has 21 heavy (non-hydrogen) atoms. The number of thiazole rings is 1. The summed E-state index contributed by atoms with van der Waals surface area (Å²) in [6.45, 7) is 1.96. The highest BCUT2D eigenvalue weighted by molar-refractivity contribution is 7.14. The summed E-state index contributed by atoms with van der Waals surface area (Å²) in [5.74, 6) is 0.634. The van der Waals surface area contributed by atoms with Crippen molar-refractivity contribution >= 4 is 44.6 Å². The number of hydrogen-bond donors (Lipinski definition) is 0. The second-order valence-electron chi connectivity index (χ2n) is 4.76. The van der Waals surface area contributed by atoms with Gasteiger partial charge in [0.2, 0.25) is 0 Å². The fourth-order valence-electron chi connectivity index (χ4n) is 2.40. The van der Waals surface area contributed by atoms with Gasteiger partial charge >= 0.3 is 0 Å². The van der Waals surface area contributed by atoms with Gasteiger partial charge in [0, 0.05) is 17.0 Å². The van der Waals surface area contributed by atoms with Gasteiger partial charge in [-0.05, 0) is 18.4 Å². The third-order valence-electron chi connectivity index (χ3n) is 3.39. The molecular formula is C16H10ClN3S. The highest BCUT2D eigenvalue weighted by Crippen LogP contribution is 2.31. The molecule has 2 heterocycles. The largest absolute Gasteiger partial charge is 0.249 e. The van der Waals surface area contributed by atoms with Gasteiger partial charge in [-0.2, -0.15) is 0 Å². The SMILES string of the molecule is Cc1ncc(-c2nc(Cl)c3ccc4ccccc4c3n2)s1. The molecule has 0 amide bonds. The van der Waals surface area contributed by atoms with Gasteiger partial charge in [0.15, 0.2) is 5.82 Å². The standard InChI is InChI=1S/C16H10ClN3S/c1-9-18-8-13(21-9)16-19-14-11-5-3-2-4-10(11)6-7-12(14)15(17)20-16/h2-8H,1H3. The average molecular weight is 312 g/mol. The predicted molar refractivity (Wildman–Crippen MR) is 87.9 cm³/mol. The van der Waals surface area contributed by atoms with Gasteiger partial charge in [0.25, 0.3) is 0 Å². The number of rotatable bonds is 1. The number of benzene rings is 2. The number of aromatic nitrogens is 3. The van der Waals surface area contributed by atoms with Crippen molar-refractivity contribution in [3.8, 4) is 10.7 Å². The van der Waals surface area contributed by atoms with Gasteiger partial charge in [0.05, 0.1) is 15.4 Å². The second-order valence-corrected chi connectivity index (χ2v) is 6.36. The van der Waals surface area contributed by atoms with E-state index >= 15 is 0 Å². The van der Waals surface area contributed by atoms with Crippen molar-refractivity contribution in [3.05, 3.63) is 52.8 Å². The summed E-state index contributed by atoms with van der Waals surface area (Å²) < 4.78 is 0. The second kappa shape index (κ2) is 4.76. The van der Waals surface area contributed by atoms with Gasteiger partial charge in [0.1, 0.15) is 5.15 Å². The van der Waals surface area contributed by atoms with E-state index < -0.39 is 0 Å². The summed E-state index contributed by atoms with van der Waals surface area (Å²) in [5.41, 5.74) is 0.883. The number of fused-ring (bicyclic) bond motifs is 3. The van der Waals surface area contributed by atoms with Crippen molar-refractivity contribution in [1.29, 1.82) is 0 Å². The highest BCUT2D eigenvalue weighted by atomic mass is 35.5. The summed E-state index contributed by atoms with van der Waals surface area (Å²) in [4.78, 5) is 14.3. The fraction of sp³-hybridized carbons (Fsp3) is 0.0625. The molecule has 0 radical (unpaired) electrons. The van der Waals surface area contributed by atoms with E-state index in [0.29, 0.717) is 11.0 Å². The van der Waals surface area contributed by atoms with E-state index in [-0.39, 0.29) is 0 Å². The normalized spacial score (nSPS) is 11.3. The van der Waals surface area contributed by atoms with Crippen LogP contribution in [0.15, 0.2) is 42.6 Å². The van der Waals surface area contributed by atoms with Crippen molar-refractivity contribution in [2.24, 2.45) is 0 Å². The quantitative estimate of drug-likeness (QED) is 0.372. The Morgan fingerprint density at radius 1 is 1.00 bits per heavy atom. The van der Waals surface area contributed by atoms with E-state index in [1.807, 2.05) is 31.2 Å². The average Bonchev–Trinajstić information content (AvgIpc) is 2.93. The smallest absolute Gasteiger partial charge is 0.173 e. The molecule has 4 rings (SSSR count). The van der Waals surface area contributed by atoms with Crippen LogP contribution in [0, 0.1) is 6.92 Å². The van der Waals surface area contributed by atoms with Gasteiger partial charge in [-0.15, -0.1) is 11.3 Å². The molecule has 0 spiro atoms. The first-order chi connectivity index (χ1) is 10.2. The van der Waals surface area contributed by atoms with E-state index in [4.69, 9.17) is 16.6 Å². The van der Waals surface area contributed by atoms with Crippen LogP contribution in [0.5, 0.6) is 0 Å². The maximum Gasteiger partial charge on any atom is 0.173 e. The zero-order valence-electron chi connectivity index (χ0n) is 11.2. The monoisotopic (exact) mass is 311 g/mol. The molecule has 4 aromatic rings. The Hall–Kier alpha value is -2.04. The molecule has 2 aromatic carbocycles. The van der Waals surface area contributed by atoms with Crippen LogP contribution >= 0.6 is 22.9 Å². The highest BCUT2D eigenvalue weighted by Gasteiger charge is 2.12. The van der Waals surface area contributed by atoms with Crippen LogP contribution < -0.4 is 0 Å². The van der Waals surface area contributed by atoms with Crippen LogP contribution in [-0.4, -0.2) is 15.0 Å². The third-order valence-corrected chi connectivity index (χ3v) is 4.58. The minimum atomic E-state index is 0.479. The van der Waals surface area contributed by atoms with E-state index in [1.54, 1.807) is 17.5 Å². The minimum absolute atomic E-state index is 0.479. The zero-order chi connectivity index (χ0) is 14.4. The molecule has 0 saturated carbocycles. The van der Waals surface area contributed by atoms with Crippen molar-refractivity contribution in [3.63, 3.8) is 0 Å². The lowest BCUT2D eigenvalue weighted by Crippen LogP contribution is -1.91. The summed E-state index contributed by atoms with van der Waals surface area (Å²) in [5, 5.41) is 4.57. The lowest BCUT2D eigenvalue weighted by molar-refractivity contribution is 1.23. The molecule has 0 unspecified atom stereocenters. The maximum atomic E-state index is 6.35. The molecule has 2 aromatic heterocycles. The van der Waals surface area contributed by atoms with Gasteiger partial charge < -0.3 is 0 Å². The molecule has 0 fully saturated rings. The maximum absolute atomic E-state index is 6.35. The van der Waals surface area contributed by atoms with Crippen LogP contribution in [0.1, 0.15) is 5.01 Å². The Labute approximate surface area is 130 Å². The van der Waals surface area contributed by atoms with Gasteiger partial charge in [-0.25, -0.2) is 15.0 Å². The molecular weight excluding hydrogens is 302 g/mol. The Balaban J connectivity index is 2.09. The van der Waals surface area contributed by atoms with Crippen LogP contribution in [-0.2, 0) is 0 Å². The molecule has 0 aliphatic heterocycles. The fourth-order valence-corrected chi connectivity index (χ4v) is 3.35. The summed E-state index contributed by atoms with van der Waals surface area (Å²) in [6, 6.07) is 12.2. The number of nitrogens with zero attached hydrogens (tertiary/aromatic N) is 3. The molecule has 0 saturated heterocycles. The topological polar surface area (TPSA) is 38.7 Å². The van der Waals surface area contributed by atoms with Gasteiger partial charge in [-0.3, -0.25) is 0 Å². The predicted octanol–water partition coefficient (Wildman–Crippen LogP) is 4.87. The first kappa shape index (κ1) is 12.7. The number of aryl methyl sites for hydroxylation is 1. The Kier molecular flexibility index (Phi) is 2.87. The van der Waals surface area contributed by atoms with E-state index in [1.165, 1.54) is 0 Å². The lowest BCUT2D eigenvalue weighted by Gasteiger charge is -2.06. The van der Waals surface area contributed by atoms with Gasteiger partial charge in [-0.1, -0.05) is 41.9 Å². The van der Waals surface area contributed by atoms with Crippen molar-refractivity contribution in [2.75, 3.05) is 0 Å². The van der Waals surface area contributed by atoms with Crippen LogP contribution in [0.2, 0.25) is 5.15 Å². The van der Waals surface area contributed by atoms with Crippen LogP contribution in [0.25, 0.3) is 32.4 Å². The summed E-state index contributed by atoms with van der Waals surface area (Å²) in [6.07, 6.45) is 1.79. The Bertz CT molecular complexity index is 978. The first-order valence-electron chi connectivity index (χ1n) is 6.50. The van der Waals surface area contributed by atoms with Crippen LogP contribution in [0.4, 0.5) is 0 Å². The Morgan fingerprint density at radius 3 is 2.67 bits per heavy atom. The van der Waals surface area contributed by atoms with Crippen molar-refractivity contribution in [2.45, 2.75) is 6.92 Å². The van der Waals surface area contributed by atoms with Crippen LogP contribution in [0.3, 0.4) is 0 Å². The van der Waals surface area contributed by atoms with E-state index in [2.05, 4.69) is 22.1 Å². The van der Waals surface area contributed by atoms with Crippen molar-refractivity contribution < 1.29 is 0 Å². The number of halogens is 1. The molecule has 0 N–H and O–H groups in total. The third kappa shape index (κ3) is 2.07. The number of hydrogen-bond acceptors (Lipinski definition) is 4. The Morgan fingerprint density at radius 2 is 1.86 bits per heavy atom. The molecule has 0 atom stereocenters. The van der Waals surface area contributed by atoms with Crippen molar-refractivity contribution in [1.82, 2.24) is 15.0 Å². The molecule has 0 aliphatic carbocycles. The first-order valence-corrected chi connectivity index (χ1v) is 7.69. The van der Waals surface area contributed by atoms with E-state index in [9.17, 15) is 0 Å². The zero-order valence-corrected chi connectivity index (χ0v) is 12.7. The van der Waals surface area contributed by atoms with E-state index in [0.717, 1.165) is 31.6 Å². The summed E-state index contributed by atoms with van der Waals surface area (Å²) in [7, 11) is 0. The molecule has 0 bridgehead atoms. The lowest BCUT2D eigenvalue weighted by atomic mass is 10.1. The molecule has 3 nitrogen and oxygen atoms in total. The summed E-state index contributed by atoms with van der Waals surface area (Å²) >= 11 is 7.92. The minimum Gasteiger partial charge on any atom is -0.249 e. The molecule has 0 aliphatic rings. The molecule has 102 valence electrons. The molecule has 5 heteroatoms.